The van der Waals surface area contributed by atoms with E-state index in [0.717, 1.165) is 58.0 Å². The number of allylic oxidation sites excluding steroid dienone is 1. The van der Waals surface area contributed by atoms with Crippen LogP contribution in [-0.4, -0.2) is 37.7 Å². The largest absolute Gasteiger partial charge is 0.294 e. The Morgan fingerprint density at radius 1 is 1.10 bits per heavy atom. The van der Waals surface area contributed by atoms with Crippen molar-refractivity contribution in [1.82, 2.24) is 14.3 Å². The Balaban J connectivity index is 1.23. The fourth-order valence-electron chi connectivity index (χ4n) is 3.38. The summed E-state index contributed by atoms with van der Waals surface area (Å²) in [7, 11) is 0. The maximum Gasteiger partial charge on any atom is 0.293 e. The molecule has 1 saturated heterocycles. The minimum Gasteiger partial charge on any atom is -0.294 e. The number of rotatable bonds is 9. The van der Waals surface area contributed by atoms with Crippen LogP contribution >= 0.6 is 35.1 Å². The van der Waals surface area contributed by atoms with Gasteiger partial charge in [-0.2, -0.15) is 0 Å². The van der Waals surface area contributed by atoms with Gasteiger partial charge in [-0.1, -0.05) is 41.9 Å². The summed E-state index contributed by atoms with van der Waals surface area (Å²) < 4.78 is 2.06. The molecule has 0 spiro atoms. The normalized spacial score (nSPS) is 15.5. The molecule has 3 heterocycles. The van der Waals surface area contributed by atoms with Gasteiger partial charge in [0.15, 0.2) is 0 Å². The molecule has 0 bridgehead atoms. The number of amides is 2. The summed E-state index contributed by atoms with van der Waals surface area (Å²) in [5, 5.41) is 1.69. The number of benzene rings is 1. The van der Waals surface area contributed by atoms with Gasteiger partial charge in [-0.25, -0.2) is 4.98 Å². The Morgan fingerprint density at radius 2 is 1.97 bits per heavy atom. The predicted octanol–water partition coefficient (Wildman–Crippen LogP) is 6.07. The van der Waals surface area contributed by atoms with Crippen molar-refractivity contribution in [1.29, 1.82) is 0 Å². The number of unbranched alkanes of at least 4 members (excludes halogenated alkanes) is 1. The number of thioether (sulfide) groups is 2. The highest BCUT2D eigenvalue weighted by atomic mass is 35.5. The van der Waals surface area contributed by atoms with E-state index in [4.69, 9.17) is 11.6 Å². The topological polar surface area (TPSA) is 54.7 Å². The van der Waals surface area contributed by atoms with Crippen molar-refractivity contribution in [3.8, 4) is 0 Å². The van der Waals surface area contributed by atoms with E-state index < -0.39 is 0 Å². The minimum absolute atomic E-state index is 0.176. The molecule has 0 saturated carbocycles. The van der Waals surface area contributed by atoms with Crippen molar-refractivity contribution in [3.63, 3.8) is 0 Å². The molecule has 1 fully saturated rings. The number of hydrogen-bond acceptors (Lipinski definition) is 5. The van der Waals surface area contributed by atoms with Crippen molar-refractivity contribution in [2.24, 2.45) is 0 Å². The molecule has 8 heteroatoms. The zero-order chi connectivity index (χ0) is 21.6. The van der Waals surface area contributed by atoms with Crippen LogP contribution in [0.15, 0.2) is 70.9 Å². The van der Waals surface area contributed by atoms with Crippen LogP contribution in [0.25, 0.3) is 5.65 Å². The zero-order valence-electron chi connectivity index (χ0n) is 16.9. The number of halogens is 1. The molecule has 5 nitrogen and oxygen atoms in total. The fourth-order valence-corrected chi connectivity index (χ4v) is 5.51. The van der Waals surface area contributed by atoms with Gasteiger partial charge in [-0.3, -0.25) is 18.9 Å². The van der Waals surface area contributed by atoms with E-state index in [-0.39, 0.29) is 11.1 Å². The molecule has 0 unspecified atom stereocenters. The van der Waals surface area contributed by atoms with Crippen molar-refractivity contribution >= 4 is 51.9 Å². The average Bonchev–Trinajstić information content (AvgIpc) is 3.35. The van der Waals surface area contributed by atoms with Gasteiger partial charge in [-0.15, -0.1) is 11.8 Å². The number of hydrogen-bond donors (Lipinski definition) is 0. The number of carbonyl (C=O) groups is 2. The van der Waals surface area contributed by atoms with E-state index in [1.165, 1.54) is 4.90 Å². The van der Waals surface area contributed by atoms with E-state index in [9.17, 15) is 9.59 Å². The standard InChI is InChI=1S/C23H22ClN3O2S2/c24-18-9-2-1-7-17(18)8-5-10-19-22(28)27(23(29)31-19)14-3-4-16-30-21-12-6-11-20-25-13-15-26(20)21/h1-2,6-7,9-13,15H,3-5,8,14,16H2/b19-10+. The molecule has 0 aliphatic carbocycles. The Morgan fingerprint density at radius 3 is 2.84 bits per heavy atom. The number of imide groups is 1. The summed E-state index contributed by atoms with van der Waals surface area (Å²) in [5.41, 5.74) is 1.98. The quantitative estimate of drug-likeness (QED) is 0.215. The van der Waals surface area contributed by atoms with Crippen LogP contribution in [0.4, 0.5) is 4.79 Å². The van der Waals surface area contributed by atoms with E-state index in [1.54, 1.807) is 18.0 Å². The van der Waals surface area contributed by atoms with Crippen LogP contribution < -0.4 is 0 Å². The molecule has 2 aromatic heterocycles. The van der Waals surface area contributed by atoms with Crippen LogP contribution in [0.3, 0.4) is 0 Å². The lowest BCUT2D eigenvalue weighted by Gasteiger charge is -2.12. The van der Waals surface area contributed by atoms with Gasteiger partial charge in [0.05, 0.1) is 9.93 Å². The number of nitrogens with zero attached hydrogens (tertiary/aromatic N) is 3. The first kappa shape index (κ1) is 22.0. The van der Waals surface area contributed by atoms with Gasteiger partial charge in [0, 0.05) is 24.0 Å². The summed E-state index contributed by atoms with van der Waals surface area (Å²) in [6.45, 7) is 0.461. The Bertz CT molecular complexity index is 1130. The monoisotopic (exact) mass is 471 g/mol. The van der Waals surface area contributed by atoms with Gasteiger partial charge in [0.25, 0.3) is 11.1 Å². The van der Waals surface area contributed by atoms with Crippen LogP contribution in [0.1, 0.15) is 24.8 Å². The van der Waals surface area contributed by atoms with Crippen LogP contribution in [-0.2, 0) is 11.2 Å². The van der Waals surface area contributed by atoms with Gasteiger partial charge < -0.3 is 0 Å². The molecule has 31 heavy (non-hydrogen) atoms. The van der Waals surface area contributed by atoms with Crippen molar-refractivity contribution in [2.75, 3.05) is 12.3 Å². The van der Waals surface area contributed by atoms with E-state index in [1.807, 2.05) is 48.7 Å². The lowest BCUT2D eigenvalue weighted by molar-refractivity contribution is -0.122. The van der Waals surface area contributed by atoms with Gasteiger partial charge >= 0.3 is 0 Å². The number of aromatic nitrogens is 2. The predicted molar refractivity (Wildman–Crippen MR) is 128 cm³/mol. The molecule has 1 aromatic carbocycles. The molecule has 0 radical (unpaired) electrons. The third-order valence-electron chi connectivity index (χ3n) is 4.99. The number of carbonyl (C=O) groups excluding carboxylic acids is 2. The molecule has 2 amide bonds. The molecule has 1 aliphatic rings. The molecular weight excluding hydrogens is 450 g/mol. The number of pyridine rings is 1. The Labute approximate surface area is 194 Å². The second kappa shape index (κ2) is 10.4. The van der Waals surface area contributed by atoms with Gasteiger partial charge in [0.2, 0.25) is 0 Å². The van der Waals surface area contributed by atoms with Crippen molar-refractivity contribution in [3.05, 3.63) is 76.4 Å². The third-order valence-corrected chi connectivity index (χ3v) is 7.44. The summed E-state index contributed by atoms with van der Waals surface area (Å²) >= 11 is 8.97. The summed E-state index contributed by atoms with van der Waals surface area (Å²) in [5.74, 6) is 0.742. The number of fused-ring (bicyclic) bond motifs is 1. The lowest BCUT2D eigenvalue weighted by atomic mass is 10.1. The smallest absolute Gasteiger partial charge is 0.293 e. The molecule has 3 aromatic rings. The number of imidazole rings is 1. The first-order valence-electron chi connectivity index (χ1n) is 10.2. The molecule has 0 N–H and O–H groups in total. The van der Waals surface area contributed by atoms with Crippen molar-refractivity contribution < 1.29 is 9.59 Å². The average molecular weight is 472 g/mol. The molecule has 0 atom stereocenters. The minimum atomic E-state index is -0.176. The summed E-state index contributed by atoms with van der Waals surface area (Å²) in [4.78, 5) is 31.1. The molecular formula is C23H22ClN3O2S2. The van der Waals surface area contributed by atoms with Gasteiger partial charge in [-0.05, 0) is 67.0 Å². The summed E-state index contributed by atoms with van der Waals surface area (Å²) in [6.07, 6.45) is 8.73. The molecule has 160 valence electrons. The first-order chi connectivity index (χ1) is 15.1. The van der Waals surface area contributed by atoms with Crippen LogP contribution in [0.5, 0.6) is 0 Å². The number of aryl methyl sites for hydroxylation is 1. The zero-order valence-corrected chi connectivity index (χ0v) is 19.3. The fraction of sp³-hybridized carbons (Fsp3) is 0.261. The Hall–Kier alpha value is -2.22. The van der Waals surface area contributed by atoms with E-state index >= 15 is 0 Å². The molecule has 4 rings (SSSR count). The van der Waals surface area contributed by atoms with Crippen LogP contribution in [0.2, 0.25) is 5.02 Å². The Kier molecular flexibility index (Phi) is 7.37. The second-order valence-electron chi connectivity index (χ2n) is 7.10. The summed E-state index contributed by atoms with van der Waals surface area (Å²) in [6, 6.07) is 13.7. The maximum absolute atomic E-state index is 12.6. The van der Waals surface area contributed by atoms with Gasteiger partial charge in [0.1, 0.15) is 5.65 Å². The lowest BCUT2D eigenvalue weighted by Crippen LogP contribution is -2.29. The van der Waals surface area contributed by atoms with E-state index in [0.29, 0.717) is 17.9 Å². The van der Waals surface area contributed by atoms with Crippen LogP contribution in [0, 0.1) is 0 Å². The third kappa shape index (κ3) is 5.34. The SMILES string of the molecule is O=C1S/C(=C/CCc2ccccc2Cl)C(=O)N1CCCCSc1cccc2nccn12. The highest BCUT2D eigenvalue weighted by Crippen LogP contribution is 2.31. The first-order valence-corrected chi connectivity index (χ1v) is 12.3. The highest BCUT2D eigenvalue weighted by Gasteiger charge is 2.34. The maximum atomic E-state index is 12.6. The highest BCUT2D eigenvalue weighted by molar-refractivity contribution is 8.18. The second-order valence-corrected chi connectivity index (χ2v) is 9.61. The van der Waals surface area contributed by atoms with E-state index in [2.05, 4.69) is 15.5 Å². The molecule has 1 aliphatic heterocycles. The van der Waals surface area contributed by atoms with Crippen molar-refractivity contribution in [2.45, 2.75) is 30.7 Å².